The highest BCUT2D eigenvalue weighted by molar-refractivity contribution is 14.2. The Morgan fingerprint density at radius 3 is 2.81 bits per heavy atom. The van der Waals surface area contributed by atoms with E-state index in [1.807, 2.05) is 22.4 Å². The van der Waals surface area contributed by atoms with Crippen LogP contribution in [-0.4, -0.2) is 55.4 Å². The average Bonchev–Trinajstić information content (AvgIpc) is 3.36. The second kappa shape index (κ2) is 8.31. The fourth-order valence-electron chi connectivity index (χ4n) is 4.20. The van der Waals surface area contributed by atoms with Gasteiger partial charge in [-0.05, 0) is 40.8 Å². The molecule has 0 bridgehead atoms. The van der Waals surface area contributed by atoms with Crippen molar-refractivity contribution in [1.29, 1.82) is 0 Å². The van der Waals surface area contributed by atoms with Gasteiger partial charge in [-0.3, -0.25) is 0 Å². The first-order valence-electron chi connectivity index (χ1n) is 10.3. The van der Waals surface area contributed by atoms with Crippen molar-refractivity contribution < 1.29 is 0 Å². The number of piperazine rings is 1. The van der Waals surface area contributed by atoms with Crippen LogP contribution in [0.15, 0.2) is 36.2 Å². The van der Waals surface area contributed by atoms with Gasteiger partial charge in [0.1, 0.15) is 5.69 Å². The first-order valence-corrected chi connectivity index (χ1v) is 15.2. The first-order chi connectivity index (χ1) is 15.3. The van der Waals surface area contributed by atoms with Crippen LogP contribution >= 0.6 is 39.8 Å². The van der Waals surface area contributed by atoms with Crippen LogP contribution in [0, 0.1) is 5.92 Å². The summed E-state index contributed by atoms with van der Waals surface area (Å²) < 4.78 is 3.04. The summed E-state index contributed by atoms with van der Waals surface area (Å²) in [5.41, 5.74) is 6.82. The zero-order chi connectivity index (χ0) is 20.8. The van der Waals surface area contributed by atoms with Crippen LogP contribution in [0.2, 0.25) is 0 Å². The SMILES string of the molecule is IPn1cc(-c2ccc(-c3cnc(N4CCNC(C5CC5)C4)nn3)c3scnc23)cn1. The van der Waals surface area contributed by atoms with Gasteiger partial charge in [-0.25, -0.2) is 14.4 Å². The third kappa shape index (κ3) is 3.83. The lowest BCUT2D eigenvalue weighted by atomic mass is 10.0. The van der Waals surface area contributed by atoms with E-state index in [9.17, 15) is 0 Å². The molecule has 1 aliphatic carbocycles. The molecule has 1 N–H and O–H groups in total. The van der Waals surface area contributed by atoms with E-state index >= 15 is 0 Å². The maximum atomic E-state index is 4.67. The van der Waals surface area contributed by atoms with E-state index in [-0.39, 0.29) is 0 Å². The van der Waals surface area contributed by atoms with Crippen LogP contribution < -0.4 is 10.2 Å². The lowest BCUT2D eigenvalue weighted by molar-refractivity contribution is 0.414. The molecule has 1 saturated heterocycles. The molecule has 6 rings (SSSR count). The summed E-state index contributed by atoms with van der Waals surface area (Å²) in [4.78, 5) is 11.6. The number of rotatable bonds is 5. The monoisotopic (exact) mass is 562 g/mol. The predicted octanol–water partition coefficient (Wildman–Crippen LogP) is 3.99. The number of anilines is 1. The Labute approximate surface area is 198 Å². The van der Waals surface area contributed by atoms with E-state index < -0.39 is 0 Å². The smallest absolute Gasteiger partial charge is 0.245 e. The largest absolute Gasteiger partial charge is 0.337 e. The quantitative estimate of drug-likeness (QED) is 0.291. The van der Waals surface area contributed by atoms with Crippen molar-refractivity contribution >= 4 is 55.9 Å². The van der Waals surface area contributed by atoms with E-state index in [4.69, 9.17) is 0 Å². The third-order valence-electron chi connectivity index (χ3n) is 5.97. The Morgan fingerprint density at radius 2 is 2.03 bits per heavy atom. The molecule has 2 fully saturated rings. The highest BCUT2D eigenvalue weighted by Crippen LogP contribution is 2.37. The second-order valence-corrected chi connectivity index (χ2v) is 10.9. The minimum atomic E-state index is 0.554. The summed E-state index contributed by atoms with van der Waals surface area (Å²) in [5.74, 6) is 1.54. The van der Waals surface area contributed by atoms with Crippen LogP contribution in [0.4, 0.5) is 5.95 Å². The van der Waals surface area contributed by atoms with Crippen LogP contribution in [0.1, 0.15) is 12.8 Å². The van der Waals surface area contributed by atoms with Gasteiger partial charge in [-0.2, -0.15) is 5.10 Å². The Balaban J connectivity index is 1.30. The van der Waals surface area contributed by atoms with Gasteiger partial charge < -0.3 is 10.2 Å². The topological polar surface area (TPSA) is 84.7 Å². The normalized spacial score (nSPS) is 19.6. The lowest BCUT2D eigenvalue weighted by Crippen LogP contribution is -2.52. The van der Waals surface area contributed by atoms with E-state index in [1.165, 1.54) is 12.8 Å². The molecule has 3 aromatic heterocycles. The van der Waals surface area contributed by atoms with Crippen molar-refractivity contribution in [3.05, 3.63) is 36.2 Å². The fourth-order valence-corrected chi connectivity index (χ4v) is 6.12. The number of nitrogens with one attached hydrogen (secondary N) is 1. The third-order valence-corrected chi connectivity index (χ3v) is 8.73. The molecule has 4 aromatic rings. The van der Waals surface area contributed by atoms with Crippen molar-refractivity contribution in [3.63, 3.8) is 0 Å². The van der Waals surface area contributed by atoms with E-state index in [0.717, 1.165) is 64.1 Å². The number of nitrogens with zero attached hydrogens (tertiary/aromatic N) is 7. The van der Waals surface area contributed by atoms with Crippen LogP contribution in [0.25, 0.3) is 32.6 Å². The van der Waals surface area contributed by atoms with Gasteiger partial charge >= 0.3 is 0 Å². The number of fused-ring (bicyclic) bond motifs is 1. The number of benzene rings is 1. The van der Waals surface area contributed by atoms with Crippen molar-refractivity contribution in [2.75, 3.05) is 24.5 Å². The van der Waals surface area contributed by atoms with E-state index in [1.54, 1.807) is 11.3 Å². The van der Waals surface area contributed by atoms with Crippen molar-refractivity contribution in [1.82, 2.24) is 35.0 Å². The minimum absolute atomic E-state index is 0.554. The van der Waals surface area contributed by atoms with Gasteiger partial charge in [0, 0.05) is 48.6 Å². The highest BCUT2D eigenvalue weighted by atomic mass is 127. The molecule has 31 heavy (non-hydrogen) atoms. The van der Waals surface area contributed by atoms with E-state index in [2.05, 4.69) is 75.9 Å². The fraction of sp³-hybridized carbons (Fsp3) is 0.350. The first kappa shape index (κ1) is 19.9. The summed E-state index contributed by atoms with van der Waals surface area (Å²) in [6, 6.07) is 4.75. The molecule has 2 unspecified atom stereocenters. The van der Waals surface area contributed by atoms with Crippen molar-refractivity contribution in [3.8, 4) is 22.4 Å². The summed E-state index contributed by atoms with van der Waals surface area (Å²) in [7, 11) is 0. The van der Waals surface area contributed by atoms with Crippen molar-refractivity contribution in [2.45, 2.75) is 18.9 Å². The molecule has 11 heteroatoms. The standard InChI is InChI=1S/C20H20IN8PS/c21-30-29-9-13(7-25-29)14-3-4-15(19-18(14)24-11-31-19)16-8-23-20(27-26-16)28-6-5-22-17(10-28)12-1-2-12/h3-4,7-9,11-12,17,22,30H,1-2,5-6,10H2. The van der Waals surface area contributed by atoms with Gasteiger partial charge in [0.2, 0.25) is 5.95 Å². The van der Waals surface area contributed by atoms with Crippen LogP contribution in [0.5, 0.6) is 0 Å². The molecule has 2 aliphatic rings. The molecular formula is C20H20IN8PS. The Hall–Kier alpha value is -1.75. The summed E-state index contributed by atoms with van der Waals surface area (Å²) in [5, 5.41) is 17.1. The maximum absolute atomic E-state index is 4.67. The molecule has 1 aliphatic heterocycles. The maximum Gasteiger partial charge on any atom is 0.245 e. The summed E-state index contributed by atoms with van der Waals surface area (Å²) in [6.07, 6.45) is 9.07. The molecule has 4 heterocycles. The molecule has 0 radical (unpaired) electrons. The van der Waals surface area contributed by atoms with Gasteiger partial charge in [0.05, 0.1) is 34.5 Å². The second-order valence-electron chi connectivity index (χ2n) is 7.94. The average molecular weight is 562 g/mol. The van der Waals surface area contributed by atoms with Crippen molar-refractivity contribution in [2.24, 2.45) is 5.92 Å². The lowest BCUT2D eigenvalue weighted by Gasteiger charge is -2.33. The van der Waals surface area contributed by atoms with Gasteiger partial charge in [0.25, 0.3) is 0 Å². The van der Waals surface area contributed by atoms with Crippen LogP contribution in [0.3, 0.4) is 0 Å². The summed E-state index contributed by atoms with van der Waals surface area (Å²) >= 11 is 3.95. The molecule has 158 valence electrons. The van der Waals surface area contributed by atoms with Gasteiger partial charge in [-0.1, -0.05) is 12.1 Å². The van der Waals surface area contributed by atoms with Gasteiger partial charge in [-0.15, -0.1) is 21.5 Å². The highest BCUT2D eigenvalue weighted by Gasteiger charge is 2.34. The molecule has 1 aromatic carbocycles. The molecule has 2 atom stereocenters. The summed E-state index contributed by atoms with van der Waals surface area (Å²) in [6.45, 7) is 2.86. The molecule has 1 saturated carbocycles. The minimum Gasteiger partial charge on any atom is -0.337 e. The molecule has 8 nitrogen and oxygen atoms in total. The number of aromatic nitrogens is 6. The Kier molecular flexibility index (Phi) is 5.33. The number of hydrogen-bond acceptors (Lipinski definition) is 8. The van der Waals surface area contributed by atoms with Gasteiger partial charge in [0.15, 0.2) is 0 Å². The number of halogens is 1. The molecule has 0 amide bonds. The molecule has 0 spiro atoms. The number of hydrogen-bond donors (Lipinski definition) is 1. The van der Waals surface area contributed by atoms with E-state index in [0.29, 0.717) is 12.4 Å². The zero-order valence-corrected chi connectivity index (χ0v) is 20.5. The number of thiazole rings is 1. The zero-order valence-electron chi connectivity index (χ0n) is 16.6. The Bertz CT molecular complexity index is 1220. The molecular weight excluding hydrogens is 542 g/mol. The Morgan fingerprint density at radius 1 is 1.13 bits per heavy atom. The van der Waals surface area contributed by atoms with Crippen LogP contribution in [-0.2, 0) is 0 Å². The predicted molar refractivity (Wildman–Crippen MR) is 134 cm³/mol.